The standard InChI is InChI=1S/C10H15N3O3/c11-9-3-4-13(10(15)12-9)5-7-1-2-8(6-14)16-7/h3-4,7-8,14H,1-2,5-6H2,(H2,11,12,15). The fraction of sp³-hybridized carbons (Fsp3) is 0.600. The smallest absolute Gasteiger partial charge is 0.349 e. The van der Waals surface area contributed by atoms with Gasteiger partial charge in [0.1, 0.15) is 5.82 Å². The molecule has 2 unspecified atom stereocenters. The van der Waals surface area contributed by atoms with Gasteiger partial charge < -0.3 is 15.6 Å². The zero-order valence-corrected chi connectivity index (χ0v) is 8.87. The van der Waals surface area contributed by atoms with Crippen LogP contribution >= 0.6 is 0 Å². The van der Waals surface area contributed by atoms with Gasteiger partial charge in [0, 0.05) is 6.20 Å². The first-order valence-electron chi connectivity index (χ1n) is 5.28. The number of aromatic nitrogens is 2. The van der Waals surface area contributed by atoms with Crippen LogP contribution in [0.15, 0.2) is 17.1 Å². The molecule has 3 N–H and O–H groups in total. The number of aliphatic hydroxyl groups is 1. The van der Waals surface area contributed by atoms with Crippen LogP contribution in [0.2, 0.25) is 0 Å². The van der Waals surface area contributed by atoms with Crippen molar-refractivity contribution in [2.45, 2.75) is 31.6 Å². The number of hydrogen-bond acceptors (Lipinski definition) is 5. The molecule has 6 heteroatoms. The number of ether oxygens (including phenoxy) is 1. The van der Waals surface area contributed by atoms with Gasteiger partial charge in [-0.25, -0.2) is 4.79 Å². The number of nitrogens with zero attached hydrogens (tertiary/aromatic N) is 2. The molecule has 1 saturated heterocycles. The van der Waals surface area contributed by atoms with Gasteiger partial charge in [-0.3, -0.25) is 4.57 Å². The predicted octanol–water partition coefficient (Wildman–Crippen LogP) is -0.635. The molecule has 6 nitrogen and oxygen atoms in total. The largest absolute Gasteiger partial charge is 0.394 e. The number of anilines is 1. The van der Waals surface area contributed by atoms with Gasteiger partial charge in [-0.15, -0.1) is 0 Å². The Bertz CT molecular complexity index is 418. The SMILES string of the molecule is Nc1ccn(CC2CCC(CO)O2)c(=O)n1. The fourth-order valence-electron chi connectivity index (χ4n) is 1.85. The van der Waals surface area contributed by atoms with Crippen molar-refractivity contribution in [2.75, 3.05) is 12.3 Å². The Labute approximate surface area is 92.7 Å². The van der Waals surface area contributed by atoms with Crippen LogP contribution < -0.4 is 11.4 Å². The van der Waals surface area contributed by atoms with E-state index in [1.807, 2.05) is 0 Å². The average molecular weight is 225 g/mol. The van der Waals surface area contributed by atoms with Crippen molar-refractivity contribution in [3.05, 3.63) is 22.7 Å². The third-order valence-corrected chi connectivity index (χ3v) is 2.70. The summed E-state index contributed by atoms with van der Waals surface area (Å²) in [5, 5.41) is 8.92. The summed E-state index contributed by atoms with van der Waals surface area (Å²) < 4.78 is 7.00. The number of rotatable bonds is 3. The summed E-state index contributed by atoms with van der Waals surface area (Å²) in [5.41, 5.74) is 5.03. The molecule has 2 rings (SSSR count). The van der Waals surface area contributed by atoms with E-state index in [1.54, 1.807) is 12.3 Å². The maximum absolute atomic E-state index is 11.4. The van der Waals surface area contributed by atoms with E-state index in [-0.39, 0.29) is 30.3 Å². The van der Waals surface area contributed by atoms with E-state index in [4.69, 9.17) is 15.6 Å². The molecule has 1 aromatic heterocycles. The molecule has 88 valence electrons. The molecule has 2 atom stereocenters. The number of nitrogens with two attached hydrogens (primary N) is 1. The number of aliphatic hydroxyl groups excluding tert-OH is 1. The van der Waals surface area contributed by atoms with Gasteiger partial charge >= 0.3 is 5.69 Å². The Hall–Kier alpha value is -1.40. The Morgan fingerprint density at radius 1 is 1.56 bits per heavy atom. The van der Waals surface area contributed by atoms with Crippen LogP contribution in [0.4, 0.5) is 5.82 Å². The maximum Gasteiger partial charge on any atom is 0.349 e. The molecule has 1 aliphatic rings. The van der Waals surface area contributed by atoms with E-state index in [2.05, 4.69) is 4.98 Å². The Morgan fingerprint density at radius 2 is 2.31 bits per heavy atom. The van der Waals surface area contributed by atoms with E-state index in [0.717, 1.165) is 12.8 Å². The van der Waals surface area contributed by atoms with Gasteiger partial charge in [0.2, 0.25) is 0 Å². The van der Waals surface area contributed by atoms with Crippen molar-refractivity contribution in [2.24, 2.45) is 0 Å². The summed E-state index contributed by atoms with van der Waals surface area (Å²) in [6.07, 6.45) is 3.17. The van der Waals surface area contributed by atoms with E-state index in [0.29, 0.717) is 6.54 Å². The first-order chi connectivity index (χ1) is 7.69. The summed E-state index contributed by atoms with van der Waals surface area (Å²) in [4.78, 5) is 15.1. The Kier molecular flexibility index (Phi) is 3.21. The van der Waals surface area contributed by atoms with Gasteiger partial charge in [-0.2, -0.15) is 4.98 Å². The molecule has 0 amide bonds. The van der Waals surface area contributed by atoms with Crippen molar-refractivity contribution in [1.29, 1.82) is 0 Å². The molecule has 2 heterocycles. The number of nitrogen functional groups attached to an aromatic ring is 1. The summed E-state index contributed by atoms with van der Waals surface area (Å²) in [6, 6.07) is 1.58. The molecule has 0 spiro atoms. The molecule has 0 bridgehead atoms. The highest BCUT2D eigenvalue weighted by atomic mass is 16.5. The summed E-state index contributed by atoms with van der Waals surface area (Å²) >= 11 is 0. The fourth-order valence-corrected chi connectivity index (χ4v) is 1.85. The molecule has 1 aromatic rings. The van der Waals surface area contributed by atoms with E-state index >= 15 is 0 Å². The third-order valence-electron chi connectivity index (χ3n) is 2.70. The topological polar surface area (TPSA) is 90.4 Å². The molecule has 16 heavy (non-hydrogen) atoms. The van der Waals surface area contributed by atoms with Gasteiger partial charge in [0.15, 0.2) is 0 Å². The first kappa shape index (κ1) is 11.1. The van der Waals surface area contributed by atoms with Crippen molar-refractivity contribution in [3.63, 3.8) is 0 Å². The first-order valence-corrected chi connectivity index (χ1v) is 5.28. The summed E-state index contributed by atoms with van der Waals surface area (Å²) in [7, 11) is 0. The van der Waals surface area contributed by atoms with E-state index < -0.39 is 0 Å². The summed E-state index contributed by atoms with van der Waals surface area (Å²) in [5.74, 6) is 0.224. The second-order valence-corrected chi connectivity index (χ2v) is 3.93. The lowest BCUT2D eigenvalue weighted by Gasteiger charge is -2.13. The van der Waals surface area contributed by atoms with Crippen LogP contribution in [0.5, 0.6) is 0 Å². The van der Waals surface area contributed by atoms with E-state index in [9.17, 15) is 4.79 Å². The zero-order chi connectivity index (χ0) is 11.5. The molecule has 0 saturated carbocycles. The van der Waals surface area contributed by atoms with Gasteiger partial charge in [-0.1, -0.05) is 0 Å². The Morgan fingerprint density at radius 3 is 2.94 bits per heavy atom. The predicted molar refractivity (Wildman–Crippen MR) is 57.9 cm³/mol. The van der Waals surface area contributed by atoms with Crippen LogP contribution in [-0.2, 0) is 11.3 Å². The highest BCUT2D eigenvalue weighted by Crippen LogP contribution is 2.20. The van der Waals surface area contributed by atoms with Crippen molar-refractivity contribution >= 4 is 5.82 Å². The second-order valence-electron chi connectivity index (χ2n) is 3.93. The summed E-state index contributed by atoms with van der Waals surface area (Å²) in [6.45, 7) is 0.494. The molecule has 0 aliphatic carbocycles. The molecule has 0 radical (unpaired) electrons. The minimum Gasteiger partial charge on any atom is -0.394 e. The highest BCUT2D eigenvalue weighted by Gasteiger charge is 2.24. The van der Waals surface area contributed by atoms with Crippen LogP contribution in [0.25, 0.3) is 0 Å². The van der Waals surface area contributed by atoms with Gasteiger partial charge in [0.05, 0.1) is 25.4 Å². The van der Waals surface area contributed by atoms with Gasteiger partial charge in [-0.05, 0) is 18.9 Å². The molecular weight excluding hydrogens is 210 g/mol. The van der Waals surface area contributed by atoms with Gasteiger partial charge in [0.25, 0.3) is 0 Å². The van der Waals surface area contributed by atoms with Crippen molar-refractivity contribution in [3.8, 4) is 0 Å². The highest BCUT2D eigenvalue weighted by molar-refractivity contribution is 5.23. The molecule has 0 aromatic carbocycles. The van der Waals surface area contributed by atoms with Crippen LogP contribution in [0, 0.1) is 0 Å². The lowest BCUT2D eigenvalue weighted by Crippen LogP contribution is -2.29. The Balaban J connectivity index is 2.02. The zero-order valence-electron chi connectivity index (χ0n) is 8.87. The van der Waals surface area contributed by atoms with E-state index in [1.165, 1.54) is 4.57 Å². The molecular formula is C10H15N3O3. The molecule has 1 fully saturated rings. The third kappa shape index (κ3) is 2.40. The lowest BCUT2D eigenvalue weighted by atomic mass is 10.2. The quantitative estimate of drug-likeness (QED) is 0.714. The number of hydrogen-bond donors (Lipinski definition) is 2. The van der Waals surface area contributed by atoms with Crippen LogP contribution in [0.3, 0.4) is 0 Å². The van der Waals surface area contributed by atoms with Crippen LogP contribution in [0.1, 0.15) is 12.8 Å². The van der Waals surface area contributed by atoms with Crippen molar-refractivity contribution in [1.82, 2.24) is 9.55 Å². The minimum absolute atomic E-state index is 0.0275. The normalized spacial score (nSPS) is 24.8. The average Bonchev–Trinajstić information content (AvgIpc) is 2.70. The van der Waals surface area contributed by atoms with Crippen LogP contribution in [-0.4, -0.2) is 33.5 Å². The minimum atomic E-state index is -0.365. The molecule has 1 aliphatic heterocycles. The monoisotopic (exact) mass is 225 g/mol. The lowest BCUT2D eigenvalue weighted by molar-refractivity contribution is 0.00447. The maximum atomic E-state index is 11.4. The second kappa shape index (κ2) is 4.63. The van der Waals surface area contributed by atoms with Crippen molar-refractivity contribution < 1.29 is 9.84 Å².